The summed E-state index contributed by atoms with van der Waals surface area (Å²) in [6.45, 7) is 5.93. The van der Waals surface area contributed by atoms with Crippen LogP contribution in [0.4, 0.5) is 0 Å². The summed E-state index contributed by atoms with van der Waals surface area (Å²) in [6, 6.07) is 5.51. The van der Waals surface area contributed by atoms with Gasteiger partial charge in [0.05, 0.1) is 0 Å². The average Bonchev–Trinajstić information content (AvgIpc) is 1.88. The summed E-state index contributed by atoms with van der Waals surface area (Å²) in [5, 5.41) is 8.99. The lowest BCUT2D eigenvalue weighted by atomic mass is 10.1. The van der Waals surface area contributed by atoms with Gasteiger partial charge in [-0.3, -0.25) is 0 Å². The third-order valence-electron chi connectivity index (χ3n) is 1.21. The number of hydrogen-bond donors (Lipinski definition) is 1. The fraction of sp³-hybridized carbons (Fsp3) is 0.222. The van der Waals surface area contributed by atoms with Crippen molar-refractivity contribution in [3.8, 4) is 5.75 Å². The van der Waals surface area contributed by atoms with Crippen LogP contribution in [0.1, 0.15) is 11.1 Å². The molecule has 0 aromatic heterocycles. The van der Waals surface area contributed by atoms with Gasteiger partial charge in [0, 0.05) is 0 Å². The lowest BCUT2D eigenvalue weighted by molar-refractivity contribution is -0.0979. The molecule has 0 saturated carbocycles. The highest BCUT2D eigenvalue weighted by atomic mass is 16.3. The first-order valence-electron chi connectivity index (χ1n) is 3.24. The molecule has 0 heterocycles. The molecule has 0 spiro atoms. The topological polar surface area (TPSA) is 37.3 Å². The summed E-state index contributed by atoms with van der Waals surface area (Å²) < 4.78 is 0. The van der Waals surface area contributed by atoms with Crippen LogP contribution in [-0.2, 0) is 4.79 Å². The monoisotopic (exact) mass is 152 g/mol. The minimum Gasteiger partial charge on any atom is -0.508 e. The highest BCUT2D eigenvalue weighted by molar-refractivity contribution is 5.31. The molecule has 0 aliphatic heterocycles. The number of phenolic OH excluding ortho intramolecular Hbond substituents is 1. The normalized spacial score (nSPS) is 8.18. The predicted molar refractivity (Wildman–Crippen MR) is 44.7 cm³/mol. The Hall–Kier alpha value is -1.31. The van der Waals surface area contributed by atoms with Crippen molar-refractivity contribution in [2.75, 3.05) is 0 Å². The minimum absolute atomic E-state index is 0.354. The number of carbonyl (C=O) groups excluding carboxylic acids is 1. The maximum absolute atomic E-state index is 8.99. The van der Waals surface area contributed by atoms with Gasteiger partial charge in [0.1, 0.15) is 12.5 Å². The molecule has 0 radical (unpaired) electrons. The summed E-state index contributed by atoms with van der Waals surface area (Å²) in [5.41, 5.74) is 2.21. The molecule has 0 aliphatic carbocycles. The second kappa shape index (κ2) is 4.50. The van der Waals surface area contributed by atoms with E-state index in [0.29, 0.717) is 5.75 Å². The predicted octanol–water partition coefficient (Wildman–Crippen LogP) is 1.82. The standard InChI is InChI=1S/C8H10O.CH2O/c1-6-3-7(2)5-8(9)4-6;1-2/h3-5,9H,1-2H3;1H2. The van der Waals surface area contributed by atoms with Crippen LogP contribution in [0.3, 0.4) is 0 Å². The molecule has 2 nitrogen and oxygen atoms in total. The van der Waals surface area contributed by atoms with E-state index in [1.54, 1.807) is 12.1 Å². The zero-order chi connectivity index (χ0) is 8.85. The number of rotatable bonds is 0. The number of aromatic hydroxyl groups is 1. The second-order valence-electron chi connectivity index (χ2n) is 2.35. The molecule has 0 aliphatic rings. The first-order valence-corrected chi connectivity index (χ1v) is 3.24. The van der Waals surface area contributed by atoms with Gasteiger partial charge in [0.15, 0.2) is 0 Å². The van der Waals surface area contributed by atoms with Crippen molar-refractivity contribution < 1.29 is 9.90 Å². The van der Waals surface area contributed by atoms with Crippen molar-refractivity contribution in [1.82, 2.24) is 0 Å². The van der Waals surface area contributed by atoms with Gasteiger partial charge < -0.3 is 9.90 Å². The molecule has 60 valence electrons. The van der Waals surface area contributed by atoms with Crippen LogP contribution in [0, 0.1) is 13.8 Å². The van der Waals surface area contributed by atoms with E-state index in [-0.39, 0.29) is 0 Å². The van der Waals surface area contributed by atoms with Crippen molar-refractivity contribution in [2.45, 2.75) is 13.8 Å². The van der Waals surface area contributed by atoms with Crippen LogP contribution in [0.25, 0.3) is 0 Å². The molecule has 0 fully saturated rings. The van der Waals surface area contributed by atoms with Crippen LogP contribution in [0.5, 0.6) is 5.75 Å². The fourth-order valence-corrected chi connectivity index (χ4v) is 0.951. The zero-order valence-corrected chi connectivity index (χ0v) is 6.79. The summed E-state index contributed by atoms with van der Waals surface area (Å²) in [6.07, 6.45) is 0. The number of benzene rings is 1. The molecule has 2 heteroatoms. The van der Waals surface area contributed by atoms with Gasteiger partial charge in [-0.1, -0.05) is 6.07 Å². The van der Waals surface area contributed by atoms with E-state index in [4.69, 9.17) is 9.90 Å². The molecule has 0 amide bonds. The van der Waals surface area contributed by atoms with Gasteiger partial charge in [0.25, 0.3) is 0 Å². The second-order valence-corrected chi connectivity index (χ2v) is 2.35. The molecular weight excluding hydrogens is 140 g/mol. The van der Waals surface area contributed by atoms with Gasteiger partial charge in [-0.15, -0.1) is 0 Å². The van der Waals surface area contributed by atoms with Crippen LogP contribution in [0.2, 0.25) is 0 Å². The lowest BCUT2D eigenvalue weighted by Gasteiger charge is -1.95. The summed E-state index contributed by atoms with van der Waals surface area (Å²) in [7, 11) is 0. The SMILES string of the molecule is C=O.Cc1cc(C)cc(O)c1. The zero-order valence-electron chi connectivity index (χ0n) is 6.79. The summed E-state index contributed by atoms with van der Waals surface area (Å²) in [4.78, 5) is 8.00. The Bertz CT molecular complexity index is 181. The Morgan fingerprint density at radius 2 is 1.45 bits per heavy atom. The van der Waals surface area contributed by atoms with Crippen molar-refractivity contribution >= 4 is 6.79 Å². The van der Waals surface area contributed by atoms with Crippen molar-refractivity contribution in [3.05, 3.63) is 29.3 Å². The van der Waals surface area contributed by atoms with Crippen LogP contribution < -0.4 is 0 Å². The minimum atomic E-state index is 0.354. The Morgan fingerprint density at radius 1 is 1.09 bits per heavy atom. The number of phenols is 1. The van der Waals surface area contributed by atoms with Crippen molar-refractivity contribution in [2.24, 2.45) is 0 Å². The Balaban J connectivity index is 0.000000461. The number of aryl methyl sites for hydroxylation is 2. The molecule has 11 heavy (non-hydrogen) atoms. The summed E-state index contributed by atoms with van der Waals surface area (Å²) >= 11 is 0. The van der Waals surface area contributed by atoms with Crippen LogP contribution >= 0.6 is 0 Å². The first kappa shape index (κ1) is 9.69. The molecule has 1 aromatic carbocycles. The largest absolute Gasteiger partial charge is 0.508 e. The van der Waals surface area contributed by atoms with Crippen LogP contribution in [0.15, 0.2) is 18.2 Å². The molecular formula is C9H12O2. The lowest BCUT2D eigenvalue weighted by Crippen LogP contribution is -1.74. The van der Waals surface area contributed by atoms with E-state index in [9.17, 15) is 0 Å². The molecule has 0 atom stereocenters. The third kappa shape index (κ3) is 3.40. The number of carbonyl (C=O) groups is 1. The molecule has 1 aromatic rings. The number of hydrogen-bond acceptors (Lipinski definition) is 2. The van der Waals surface area contributed by atoms with Gasteiger partial charge in [-0.05, 0) is 37.1 Å². The third-order valence-corrected chi connectivity index (χ3v) is 1.21. The first-order chi connectivity index (χ1) is 5.18. The van der Waals surface area contributed by atoms with Gasteiger partial charge in [-0.25, -0.2) is 0 Å². The molecule has 0 bridgehead atoms. The fourth-order valence-electron chi connectivity index (χ4n) is 0.951. The highest BCUT2D eigenvalue weighted by Gasteiger charge is 1.89. The van der Waals surface area contributed by atoms with E-state index < -0.39 is 0 Å². The summed E-state index contributed by atoms with van der Waals surface area (Å²) in [5.74, 6) is 0.354. The quantitative estimate of drug-likeness (QED) is 0.615. The molecule has 1 N–H and O–H groups in total. The van der Waals surface area contributed by atoms with Gasteiger partial charge >= 0.3 is 0 Å². The van der Waals surface area contributed by atoms with Crippen LogP contribution in [-0.4, -0.2) is 11.9 Å². The highest BCUT2D eigenvalue weighted by Crippen LogP contribution is 2.13. The van der Waals surface area contributed by atoms with Crippen molar-refractivity contribution in [1.29, 1.82) is 0 Å². The van der Waals surface area contributed by atoms with E-state index in [1.807, 2.05) is 26.7 Å². The van der Waals surface area contributed by atoms with E-state index in [0.717, 1.165) is 11.1 Å². The van der Waals surface area contributed by atoms with Gasteiger partial charge in [-0.2, -0.15) is 0 Å². The van der Waals surface area contributed by atoms with E-state index in [1.165, 1.54) is 0 Å². The molecule has 0 saturated heterocycles. The Morgan fingerprint density at radius 3 is 1.73 bits per heavy atom. The average molecular weight is 152 g/mol. The van der Waals surface area contributed by atoms with Gasteiger partial charge in [0.2, 0.25) is 0 Å². The van der Waals surface area contributed by atoms with E-state index >= 15 is 0 Å². The maximum Gasteiger partial charge on any atom is 0.116 e. The molecule has 0 unspecified atom stereocenters. The smallest absolute Gasteiger partial charge is 0.116 e. The maximum atomic E-state index is 8.99. The van der Waals surface area contributed by atoms with Crippen molar-refractivity contribution in [3.63, 3.8) is 0 Å². The van der Waals surface area contributed by atoms with E-state index in [2.05, 4.69) is 0 Å². The Kier molecular flexibility index (Phi) is 3.96. The molecule has 1 rings (SSSR count). The Labute approximate surface area is 66.5 Å².